The van der Waals surface area contributed by atoms with Gasteiger partial charge < -0.3 is 14.8 Å². The first-order chi connectivity index (χ1) is 11.6. The third-order valence-corrected chi connectivity index (χ3v) is 4.06. The first-order valence-electron chi connectivity index (χ1n) is 8.20. The number of benzene rings is 2. The summed E-state index contributed by atoms with van der Waals surface area (Å²) in [6, 6.07) is 20.5. The highest BCUT2D eigenvalue weighted by Gasteiger charge is 2.13. The SMILES string of the molecule is CN(C)CCNC(=O)Cn1c(-c2ccccc2)cc2ccccc21. The monoisotopic (exact) mass is 321 g/mol. The second-order valence-electron chi connectivity index (χ2n) is 6.19. The van der Waals surface area contributed by atoms with E-state index in [0.29, 0.717) is 13.1 Å². The molecule has 1 heterocycles. The molecule has 1 aromatic heterocycles. The minimum atomic E-state index is 0.0374. The van der Waals surface area contributed by atoms with Crippen LogP contribution in [0.5, 0.6) is 0 Å². The van der Waals surface area contributed by atoms with E-state index in [1.54, 1.807) is 0 Å². The number of para-hydroxylation sites is 1. The number of nitrogens with zero attached hydrogens (tertiary/aromatic N) is 2. The number of aromatic nitrogens is 1. The Morgan fingerprint density at radius 2 is 1.75 bits per heavy atom. The molecule has 0 spiro atoms. The zero-order valence-corrected chi connectivity index (χ0v) is 14.2. The van der Waals surface area contributed by atoms with Crippen LogP contribution in [0.4, 0.5) is 0 Å². The Labute approximate surface area is 142 Å². The molecule has 0 saturated carbocycles. The van der Waals surface area contributed by atoms with Crippen molar-refractivity contribution in [3.05, 3.63) is 60.7 Å². The summed E-state index contributed by atoms with van der Waals surface area (Å²) >= 11 is 0. The van der Waals surface area contributed by atoms with Crippen LogP contribution in [0.3, 0.4) is 0 Å². The minimum absolute atomic E-state index is 0.0374. The van der Waals surface area contributed by atoms with Gasteiger partial charge in [0.25, 0.3) is 0 Å². The Balaban J connectivity index is 1.89. The van der Waals surface area contributed by atoms with E-state index in [0.717, 1.165) is 28.7 Å². The first-order valence-corrected chi connectivity index (χ1v) is 8.20. The third-order valence-electron chi connectivity index (χ3n) is 4.06. The second-order valence-corrected chi connectivity index (χ2v) is 6.19. The fourth-order valence-corrected chi connectivity index (χ4v) is 2.85. The molecular weight excluding hydrogens is 298 g/mol. The molecule has 0 aliphatic rings. The maximum Gasteiger partial charge on any atom is 0.240 e. The number of hydrogen-bond acceptors (Lipinski definition) is 2. The van der Waals surface area contributed by atoms with Crippen LogP contribution >= 0.6 is 0 Å². The highest BCUT2D eigenvalue weighted by Crippen LogP contribution is 2.28. The average Bonchev–Trinajstić information content (AvgIpc) is 2.94. The van der Waals surface area contributed by atoms with Crippen LogP contribution in [0, 0.1) is 0 Å². The lowest BCUT2D eigenvalue weighted by atomic mass is 10.1. The molecule has 124 valence electrons. The maximum atomic E-state index is 12.4. The van der Waals surface area contributed by atoms with Crippen molar-refractivity contribution in [2.45, 2.75) is 6.54 Å². The summed E-state index contributed by atoms with van der Waals surface area (Å²) in [6.07, 6.45) is 0. The van der Waals surface area contributed by atoms with E-state index in [2.05, 4.69) is 45.1 Å². The topological polar surface area (TPSA) is 37.3 Å². The van der Waals surface area contributed by atoms with Crippen molar-refractivity contribution in [2.75, 3.05) is 27.2 Å². The normalized spacial score (nSPS) is 11.1. The van der Waals surface area contributed by atoms with Gasteiger partial charge in [-0.2, -0.15) is 0 Å². The van der Waals surface area contributed by atoms with E-state index in [9.17, 15) is 4.79 Å². The molecule has 24 heavy (non-hydrogen) atoms. The molecule has 1 N–H and O–H groups in total. The Morgan fingerprint density at radius 3 is 2.50 bits per heavy atom. The van der Waals surface area contributed by atoms with Gasteiger partial charge in [-0.3, -0.25) is 4.79 Å². The molecule has 0 atom stereocenters. The molecule has 2 aromatic carbocycles. The van der Waals surface area contributed by atoms with Gasteiger partial charge in [0.15, 0.2) is 0 Å². The van der Waals surface area contributed by atoms with Crippen LogP contribution in [0.25, 0.3) is 22.2 Å². The Hall–Kier alpha value is -2.59. The van der Waals surface area contributed by atoms with Gasteiger partial charge in [0.1, 0.15) is 6.54 Å². The number of carbonyl (C=O) groups is 1. The van der Waals surface area contributed by atoms with Crippen LogP contribution in [-0.2, 0) is 11.3 Å². The quantitative estimate of drug-likeness (QED) is 0.758. The van der Waals surface area contributed by atoms with Crippen molar-refractivity contribution in [1.29, 1.82) is 0 Å². The summed E-state index contributed by atoms with van der Waals surface area (Å²) in [5, 5.41) is 4.14. The molecule has 0 bridgehead atoms. The molecule has 4 nitrogen and oxygen atoms in total. The van der Waals surface area contributed by atoms with Gasteiger partial charge in [-0.05, 0) is 31.8 Å². The van der Waals surface area contributed by atoms with Gasteiger partial charge in [-0.25, -0.2) is 0 Å². The molecule has 3 aromatic rings. The van der Waals surface area contributed by atoms with Crippen molar-refractivity contribution in [3.8, 4) is 11.3 Å². The van der Waals surface area contributed by atoms with Gasteiger partial charge >= 0.3 is 0 Å². The van der Waals surface area contributed by atoms with Gasteiger partial charge in [0, 0.05) is 29.7 Å². The average molecular weight is 321 g/mol. The maximum absolute atomic E-state index is 12.4. The van der Waals surface area contributed by atoms with E-state index in [1.165, 1.54) is 0 Å². The highest BCUT2D eigenvalue weighted by molar-refractivity contribution is 5.89. The second kappa shape index (κ2) is 7.32. The van der Waals surface area contributed by atoms with Crippen molar-refractivity contribution in [2.24, 2.45) is 0 Å². The predicted molar refractivity (Wildman–Crippen MR) is 98.9 cm³/mol. The third kappa shape index (κ3) is 3.66. The summed E-state index contributed by atoms with van der Waals surface area (Å²) < 4.78 is 2.09. The lowest BCUT2D eigenvalue weighted by Crippen LogP contribution is -2.33. The smallest absolute Gasteiger partial charge is 0.240 e. The summed E-state index contributed by atoms with van der Waals surface area (Å²) in [7, 11) is 4.00. The Bertz CT molecular complexity index is 821. The van der Waals surface area contributed by atoms with Crippen molar-refractivity contribution in [3.63, 3.8) is 0 Å². The fourth-order valence-electron chi connectivity index (χ4n) is 2.85. The summed E-state index contributed by atoms with van der Waals surface area (Å²) in [6.45, 7) is 1.82. The lowest BCUT2D eigenvalue weighted by molar-refractivity contribution is -0.121. The standard InChI is InChI=1S/C20H23N3O/c1-22(2)13-12-21-20(24)15-23-18-11-7-6-10-17(18)14-19(23)16-8-4-3-5-9-16/h3-11,14H,12-13,15H2,1-2H3,(H,21,24). The summed E-state index contributed by atoms with van der Waals surface area (Å²) in [4.78, 5) is 14.4. The van der Waals surface area contributed by atoms with Gasteiger partial charge in [0.2, 0.25) is 5.91 Å². The predicted octanol–water partition coefficient (Wildman–Crippen LogP) is 2.99. The summed E-state index contributed by atoms with van der Waals surface area (Å²) in [5.74, 6) is 0.0374. The number of rotatable bonds is 6. The van der Waals surface area contributed by atoms with Crippen molar-refractivity contribution >= 4 is 16.8 Å². The molecule has 0 aliphatic carbocycles. The number of nitrogens with one attached hydrogen (secondary N) is 1. The minimum Gasteiger partial charge on any atom is -0.353 e. The van der Waals surface area contributed by atoms with E-state index in [1.807, 2.05) is 44.4 Å². The zero-order valence-electron chi connectivity index (χ0n) is 14.2. The molecule has 0 radical (unpaired) electrons. The molecule has 0 aliphatic heterocycles. The molecule has 4 heteroatoms. The van der Waals surface area contributed by atoms with Crippen LogP contribution < -0.4 is 5.32 Å². The molecule has 0 unspecified atom stereocenters. The Morgan fingerprint density at radius 1 is 1.04 bits per heavy atom. The van der Waals surface area contributed by atoms with Crippen LogP contribution in [0.1, 0.15) is 0 Å². The molecule has 0 fully saturated rings. The first kappa shape index (κ1) is 16.3. The molecule has 1 amide bonds. The fraction of sp³-hybridized carbons (Fsp3) is 0.250. The van der Waals surface area contributed by atoms with E-state index in [-0.39, 0.29) is 5.91 Å². The number of fused-ring (bicyclic) bond motifs is 1. The number of amides is 1. The van der Waals surface area contributed by atoms with Gasteiger partial charge in [0.05, 0.1) is 0 Å². The van der Waals surface area contributed by atoms with E-state index < -0.39 is 0 Å². The zero-order chi connectivity index (χ0) is 16.9. The highest BCUT2D eigenvalue weighted by atomic mass is 16.1. The largest absolute Gasteiger partial charge is 0.353 e. The Kier molecular flexibility index (Phi) is 4.96. The van der Waals surface area contributed by atoms with E-state index >= 15 is 0 Å². The van der Waals surface area contributed by atoms with Crippen LogP contribution in [-0.4, -0.2) is 42.6 Å². The van der Waals surface area contributed by atoms with Crippen LogP contribution in [0.2, 0.25) is 0 Å². The van der Waals surface area contributed by atoms with E-state index in [4.69, 9.17) is 0 Å². The number of carbonyl (C=O) groups excluding carboxylic acids is 1. The summed E-state index contributed by atoms with van der Waals surface area (Å²) in [5.41, 5.74) is 3.27. The lowest BCUT2D eigenvalue weighted by Gasteiger charge is -2.13. The number of hydrogen-bond donors (Lipinski definition) is 1. The molecule has 3 rings (SSSR count). The van der Waals surface area contributed by atoms with Gasteiger partial charge in [-0.1, -0.05) is 48.5 Å². The molecule has 0 saturated heterocycles. The number of likely N-dealkylation sites (N-methyl/N-ethyl adjacent to an activating group) is 1. The van der Waals surface area contributed by atoms with Crippen molar-refractivity contribution < 1.29 is 4.79 Å². The van der Waals surface area contributed by atoms with Crippen LogP contribution in [0.15, 0.2) is 60.7 Å². The van der Waals surface area contributed by atoms with Gasteiger partial charge in [-0.15, -0.1) is 0 Å². The van der Waals surface area contributed by atoms with Crippen molar-refractivity contribution in [1.82, 2.24) is 14.8 Å². The molecular formula is C20H23N3O.